The maximum Gasteiger partial charge on any atom is 0.359 e. The number of rotatable bonds is 8. The van der Waals surface area contributed by atoms with E-state index in [2.05, 4.69) is 10.1 Å². The van der Waals surface area contributed by atoms with Gasteiger partial charge in [-0.25, -0.2) is 9.48 Å². The molecule has 0 bridgehead atoms. The summed E-state index contributed by atoms with van der Waals surface area (Å²) in [6.07, 6.45) is 2.42. The minimum atomic E-state index is -1.05. The molecule has 0 aliphatic carbocycles. The average Bonchev–Trinajstić information content (AvgIpc) is 3.26. The van der Waals surface area contributed by atoms with Gasteiger partial charge in [0.05, 0.1) is 18.2 Å². The van der Waals surface area contributed by atoms with E-state index < -0.39 is 18.0 Å². The molecule has 1 amide bonds. The molecule has 8 nitrogen and oxygen atoms in total. The van der Waals surface area contributed by atoms with Gasteiger partial charge in [0.2, 0.25) is 0 Å². The third-order valence-corrected chi connectivity index (χ3v) is 4.86. The summed E-state index contributed by atoms with van der Waals surface area (Å²) in [5.74, 6) is -0.984. The van der Waals surface area contributed by atoms with E-state index in [1.165, 1.54) is 11.8 Å². The molecule has 3 rings (SSSR count). The van der Waals surface area contributed by atoms with Gasteiger partial charge in [0.15, 0.2) is 11.8 Å². The maximum atomic E-state index is 13.0. The topological polar surface area (TPSA) is 101 Å². The predicted octanol–water partition coefficient (Wildman–Crippen LogP) is 3.88. The van der Waals surface area contributed by atoms with Crippen molar-refractivity contribution in [3.05, 3.63) is 72.3 Å². The van der Waals surface area contributed by atoms with Crippen LogP contribution in [0.3, 0.4) is 0 Å². The van der Waals surface area contributed by atoms with Gasteiger partial charge in [-0.2, -0.15) is 10.4 Å². The van der Waals surface area contributed by atoms with Gasteiger partial charge >= 0.3 is 5.97 Å². The Balaban J connectivity index is 1.80. The molecule has 8 heteroatoms. The predicted molar refractivity (Wildman–Crippen MR) is 119 cm³/mol. The summed E-state index contributed by atoms with van der Waals surface area (Å²) in [5.41, 5.74) is 2.37. The number of anilines is 1. The van der Waals surface area contributed by atoms with E-state index in [9.17, 15) is 9.59 Å². The number of hydrogen-bond acceptors (Lipinski definition) is 6. The zero-order valence-electron chi connectivity index (χ0n) is 18.3. The van der Waals surface area contributed by atoms with Crippen LogP contribution in [0.2, 0.25) is 0 Å². The number of hydrogen-bond donors (Lipinski definition) is 0. The Morgan fingerprint density at radius 2 is 1.81 bits per heavy atom. The monoisotopic (exact) mass is 431 g/mol. The molecule has 32 heavy (non-hydrogen) atoms. The molecule has 0 aliphatic heterocycles. The van der Waals surface area contributed by atoms with Crippen molar-refractivity contribution in [3.8, 4) is 11.8 Å². The fraction of sp³-hybridized carbons (Fsp3) is 0.292. The number of carbonyl (C=O) groups excluding carboxylic acids is 2. The van der Waals surface area contributed by atoms with Crippen LogP contribution in [0.1, 0.15) is 49.3 Å². The van der Waals surface area contributed by atoms with Gasteiger partial charge in [-0.1, -0.05) is 32.0 Å². The summed E-state index contributed by atoms with van der Waals surface area (Å²) in [7, 11) is 0. The van der Waals surface area contributed by atoms with E-state index in [-0.39, 0.29) is 24.6 Å². The molecule has 164 valence electrons. The molecular formula is C24H25N5O3. The molecule has 0 spiro atoms. The van der Waals surface area contributed by atoms with Crippen molar-refractivity contribution < 1.29 is 14.3 Å². The van der Waals surface area contributed by atoms with Gasteiger partial charge in [0.25, 0.3) is 5.91 Å². The summed E-state index contributed by atoms with van der Waals surface area (Å²) in [4.78, 5) is 31.3. The summed E-state index contributed by atoms with van der Waals surface area (Å²) in [6.45, 7) is 5.73. The van der Waals surface area contributed by atoms with Crippen molar-refractivity contribution in [1.82, 2.24) is 14.8 Å². The lowest BCUT2D eigenvalue weighted by Crippen LogP contribution is -2.40. The van der Waals surface area contributed by atoms with Crippen molar-refractivity contribution in [2.75, 3.05) is 11.4 Å². The molecule has 1 aromatic carbocycles. The van der Waals surface area contributed by atoms with E-state index in [0.29, 0.717) is 5.69 Å². The normalized spacial score (nSPS) is 11.6. The van der Waals surface area contributed by atoms with Crippen molar-refractivity contribution >= 4 is 17.6 Å². The van der Waals surface area contributed by atoms with Crippen molar-refractivity contribution in [1.29, 1.82) is 5.26 Å². The second kappa shape index (κ2) is 10.4. The van der Waals surface area contributed by atoms with Crippen LogP contribution < -0.4 is 4.90 Å². The molecule has 0 radical (unpaired) electrons. The van der Waals surface area contributed by atoms with Crippen molar-refractivity contribution in [3.63, 3.8) is 0 Å². The van der Waals surface area contributed by atoms with Crippen LogP contribution in [-0.4, -0.2) is 39.3 Å². The Hall–Kier alpha value is -3.99. The number of ether oxygens (including phenoxy) is 1. The smallest absolute Gasteiger partial charge is 0.359 e. The standard InChI is InChI=1S/C24H25N5O3/c1-17(2)22-16-21(27-29(22)20-10-13-26-14-11-20)24(31)32-18(3)23(30)28(15-7-12-25)19-8-5-4-6-9-19/h4-6,8-11,13-14,16-18H,7,15H2,1-3H3. The van der Waals surface area contributed by atoms with E-state index in [1.54, 1.807) is 59.5 Å². The third-order valence-electron chi connectivity index (χ3n) is 4.86. The van der Waals surface area contributed by atoms with Gasteiger partial charge in [-0.3, -0.25) is 9.78 Å². The number of carbonyl (C=O) groups is 2. The molecule has 3 aromatic rings. The fourth-order valence-corrected chi connectivity index (χ4v) is 3.23. The van der Waals surface area contributed by atoms with E-state index in [0.717, 1.165) is 11.4 Å². The number of amides is 1. The lowest BCUT2D eigenvalue weighted by atomic mass is 10.1. The number of benzene rings is 1. The van der Waals surface area contributed by atoms with E-state index in [4.69, 9.17) is 10.00 Å². The highest BCUT2D eigenvalue weighted by molar-refractivity contribution is 5.98. The fourth-order valence-electron chi connectivity index (χ4n) is 3.23. The minimum absolute atomic E-state index is 0.107. The van der Waals surface area contributed by atoms with E-state index >= 15 is 0 Å². The highest BCUT2D eigenvalue weighted by Crippen LogP contribution is 2.21. The average molecular weight is 431 g/mol. The number of pyridine rings is 1. The SMILES string of the molecule is CC(OC(=O)c1cc(C(C)C)n(-c2ccncc2)n1)C(=O)N(CCC#N)c1ccccc1. The first-order valence-corrected chi connectivity index (χ1v) is 10.4. The Morgan fingerprint density at radius 3 is 2.44 bits per heavy atom. The van der Waals surface area contributed by atoms with Crippen LogP contribution in [0.5, 0.6) is 0 Å². The Bertz CT molecular complexity index is 1100. The van der Waals surface area contributed by atoms with Crippen molar-refractivity contribution in [2.24, 2.45) is 0 Å². The number of para-hydroxylation sites is 1. The molecule has 1 atom stereocenters. The number of nitriles is 1. The quantitative estimate of drug-likeness (QED) is 0.502. The summed E-state index contributed by atoms with van der Waals surface area (Å²) >= 11 is 0. The second-order valence-corrected chi connectivity index (χ2v) is 7.51. The highest BCUT2D eigenvalue weighted by atomic mass is 16.5. The molecule has 0 saturated carbocycles. The van der Waals surface area contributed by atoms with Crippen LogP contribution in [0, 0.1) is 11.3 Å². The van der Waals surface area contributed by atoms with Crippen LogP contribution in [0.25, 0.3) is 5.69 Å². The zero-order valence-corrected chi connectivity index (χ0v) is 18.3. The van der Waals surface area contributed by atoms with Gasteiger partial charge < -0.3 is 9.64 Å². The Morgan fingerprint density at radius 1 is 1.12 bits per heavy atom. The molecule has 0 aliphatic rings. The molecule has 0 saturated heterocycles. The van der Waals surface area contributed by atoms with Crippen molar-refractivity contribution in [2.45, 2.75) is 39.2 Å². The zero-order chi connectivity index (χ0) is 23.1. The molecule has 1 unspecified atom stereocenters. The summed E-state index contributed by atoms with van der Waals surface area (Å²) in [5, 5.41) is 13.4. The molecule has 0 N–H and O–H groups in total. The van der Waals surface area contributed by atoms with Crippen LogP contribution in [0.4, 0.5) is 5.69 Å². The number of nitrogens with zero attached hydrogens (tertiary/aromatic N) is 5. The van der Waals surface area contributed by atoms with Crippen LogP contribution in [0.15, 0.2) is 60.9 Å². The Labute approximate surface area is 187 Å². The molecule has 0 fully saturated rings. The highest BCUT2D eigenvalue weighted by Gasteiger charge is 2.27. The third kappa shape index (κ3) is 5.19. The lowest BCUT2D eigenvalue weighted by molar-refractivity contribution is -0.126. The molecular weight excluding hydrogens is 406 g/mol. The summed E-state index contributed by atoms with van der Waals surface area (Å²) < 4.78 is 7.14. The van der Waals surface area contributed by atoms with Crippen LogP contribution in [-0.2, 0) is 9.53 Å². The Kier molecular flexibility index (Phi) is 7.34. The first-order valence-electron chi connectivity index (χ1n) is 10.4. The van der Waals surface area contributed by atoms with Gasteiger partial charge in [-0.05, 0) is 43.2 Å². The largest absolute Gasteiger partial charge is 0.448 e. The molecule has 2 heterocycles. The second-order valence-electron chi connectivity index (χ2n) is 7.51. The maximum absolute atomic E-state index is 13.0. The van der Waals surface area contributed by atoms with E-state index in [1.807, 2.05) is 26.0 Å². The lowest BCUT2D eigenvalue weighted by Gasteiger charge is -2.24. The minimum Gasteiger partial charge on any atom is -0.448 e. The summed E-state index contributed by atoms with van der Waals surface area (Å²) in [6, 6.07) is 16.3. The van der Waals surface area contributed by atoms with Gasteiger partial charge in [0.1, 0.15) is 0 Å². The van der Waals surface area contributed by atoms with Gasteiger partial charge in [0, 0.05) is 30.3 Å². The van der Waals surface area contributed by atoms with Gasteiger partial charge in [-0.15, -0.1) is 0 Å². The number of aromatic nitrogens is 3. The number of esters is 1. The first-order chi connectivity index (χ1) is 15.4. The van der Waals surface area contributed by atoms with Crippen LogP contribution >= 0.6 is 0 Å². The molecule has 2 aromatic heterocycles. The first kappa shape index (κ1) is 22.7.